The zero-order valence-electron chi connectivity index (χ0n) is 8.63. The summed E-state index contributed by atoms with van der Waals surface area (Å²) in [5.74, 6) is 0.721. The van der Waals surface area contributed by atoms with Gasteiger partial charge in [0.25, 0.3) is 5.56 Å². The first kappa shape index (κ1) is 10.6. The third-order valence-electron chi connectivity index (χ3n) is 2.01. The van der Waals surface area contributed by atoms with E-state index in [0.29, 0.717) is 5.82 Å². The van der Waals surface area contributed by atoms with Gasteiger partial charge in [-0.3, -0.25) is 4.79 Å². The molecule has 0 aliphatic rings. The summed E-state index contributed by atoms with van der Waals surface area (Å²) in [6, 6.07) is 0.262. The second-order valence-corrected chi connectivity index (χ2v) is 3.07. The van der Waals surface area contributed by atoms with E-state index in [4.69, 9.17) is 4.74 Å². The van der Waals surface area contributed by atoms with E-state index in [-0.39, 0.29) is 17.4 Å². The first-order chi connectivity index (χ1) is 6.69. The minimum atomic E-state index is -0.270. The molecule has 0 amide bonds. The van der Waals surface area contributed by atoms with Crippen LogP contribution in [0.4, 0.5) is 5.82 Å². The van der Waals surface area contributed by atoms with Gasteiger partial charge in [0.2, 0.25) is 5.75 Å². The number of hydrogen-bond donors (Lipinski definition) is 2. The summed E-state index contributed by atoms with van der Waals surface area (Å²) in [6.45, 7) is 4.07. The summed E-state index contributed by atoms with van der Waals surface area (Å²) in [6.07, 6.45) is 2.31. The Bertz CT molecular complexity index is 348. The van der Waals surface area contributed by atoms with E-state index in [1.54, 1.807) is 0 Å². The molecule has 0 aliphatic heterocycles. The Kier molecular flexibility index (Phi) is 3.50. The van der Waals surface area contributed by atoms with Crippen molar-refractivity contribution in [2.45, 2.75) is 26.3 Å². The van der Waals surface area contributed by atoms with E-state index in [1.807, 2.05) is 6.92 Å². The SMILES string of the molecule is CCC(C)Nc1nc[nH]c(=O)c1OC. The summed E-state index contributed by atoms with van der Waals surface area (Å²) in [5.41, 5.74) is -0.270. The van der Waals surface area contributed by atoms with Gasteiger partial charge >= 0.3 is 0 Å². The topological polar surface area (TPSA) is 67.0 Å². The van der Waals surface area contributed by atoms with Crippen LogP contribution in [0.2, 0.25) is 0 Å². The molecule has 0 saturated heterocycles. The van der Waals surface area contributed by atoms with Gasteiger partial charge in [0.1, 0.15) is 0 Å². The smallest absolute Gasteiger partial charge is 0.295 e. The molecule has 78 valence electrons. The number of nitrogens with zero attached hydrogens (tertiary/aromatic N) is 1. The molecule has 0 bridgehead atoms. The average molecular weight is 197 g/mol. The van der Waals surface area contributed by atoms with Crippen LogP contribution < -0.4 is 15.6 Å². The van der Waals surface area contributed by atoms with Crippen molar-refractivity contribution in [3.63, 3.8) is 0 Å². The van der Waals surface area contributed by atoms with Gasteiger partial charge in [0.05, 0.1) is 13.4 Å². The minimum absolute atomic E-state index is 0.229. The number of hydrogen-bond acceptors (Lipinski definition) is 4. The number of nitrogens with one attached hydrogen (secondary N) is 2. The maximum atomic E-state index is 11.3. The Hall–Kier alpha value is -1.52. The van der Waals surface area contributed by atoms with Crippen LogP contribution in [0.25, 0.3) is 0 Å². The van der Waals surface area contributed by atoms with Crippen molar-refractivity contribution in [1.29, 1.82) is 0 Å². The molecule has 1 unspecified atom stereocenters. The lowest BCUT2D eigenvalue weighted by molar-refractivity contribution is 0.407. The molecule has 0 aliphatic carbocycles. The molecular weight excluding hydrogens is 182 g/mol. The lowest BCUT2D eigenvalue weighted by atomic mass is 10.2. The fourth-order valence-corrected chi connectivity index (χ4v) is 1.01. The molecule has 1 rings (SSSR count). The van der Waals surface area contributed by atoms with Crippen molar-refractivity contribution in [1.82, 2.24) is 9.97 Å². The molecule has 2 N–H and O–H groups in total. The van der Waals surface area contributed by atoms with Crippen LogP contribution in [-0.2, 0) is 0 Å². The van der Waals surface area contributed by atoms with E-state index in [9.17, 15) is 4.79 Å². The van der Waals surface area contributed by atoms with E-state index in [2.05, 4.69) is 22.2 Å². The number of H-pyrrole nitrogens is 1. The van der Waals surface area contributed by atoms with Crippen LogP contribution in [0.15, 0.2) is 11.1 Å². The third-order valence-corrected chi connectivity index (χ3v) is 2.01. The predicted octanol–water partition coefficient (Wildman–Crippen LogP) is 0.989. The fraction of sp³-hybridized carbons (Fsp3) is 0.556. The summed E-state index contributed by atoms with van der Waals surface area (Å²) >= 11 is 0. The first-order valence-electron chi connectivity index (χ1n) is 4.57. The van der Waals surface area contributed by atoms with Crippen LogP contribution in [0.3, 0.4) is 0 Å². The van der Waals surface area contributed by atoms with Gasteiger partial charge in [0, 0.05) is 6.04 Å². The van der Waals surface area contributed by atoms with Crippen molar-refractivity contribution < 1.29 is 4.74 Å². The van der Waals surface area contributed by atoms with E-state index in [0.717, 1.165) is 6.42 Å². The molecule has 0 spiro atoms. The zero-order chi connectivity index (χ0) is 10.6. The Labute approximate surface area is 82.5 Å². The molecule has 1 aromatic heterocycles. The van der Waals surface area contributed by atoms with Crippen molar-refractivity contribution >= 4 is 5.82 Å². The van der Waals surface area contributed by atoms with Gasteiger partial charge in [-0.15, -0.1) is 0 Å². The Morgan fingerprint density at radius 3 is 3.00 bits per heavy atom. The Morgan fingerprint density at radius 1 is 1.71 bits per heavy atom. The maximum Gasteiger partial charge on any atom is 0.295 e. The number of aromatic amines is 1. The molecule has 1 aromatic rings. The molecule has 1 atom stereocenters. The van der Waals surface area contributed by atoms with E-state index in [1.165, 1.54) is 13.4 Å². The van der Waals surface area contributed by atoms with Crippen LogP contribution in [-0.4, -0.2) is 23.1 Å². The normalized spacial score (nSPS) is 12.2. The van der Waals surface area contributed by atoms with Crippen molar-refractivity contribution in [2.24, 2.45) is 0 Å². The molecule has 14 heavy (non-hydrogen) atoms. The van der Waals surface area contributed by atoms with Gasteiger partial charge in [-0.2, -0.15) is 0 Å². The van der Waals surface area contributed by atoms with Crippen LogP contribution in [0, 0.1) is 0 Å². The molecule has 0 saturated carbocycles. The van der Waals surface area contributed by atoms with Gasteiger partial charge in [-0.05, 0) is 13.3 Å². The largest absolute Gasteiger partial charge is 0.489 e. The first-order valence-corrected chi connectivity index (χ1v) is 4.57. The van der Waals surface area contributed by atoms with E-state index >= 15 is 0 Å². The number of aromatic nitrogens is 2. The van der Waals surface area contributed by atoms with Crippen molar-refractivity contribution in [2.75, 3.05) is 12.4 Å². The monoisotopic (exact) mass is 197 g/mol. The quantitative estimate of drug-likeness (QED) is 0.755. The second-order valence-electron chi connectivity index (χ2n) is 3.07. The van der Waals surface area contributed by atoms with Crippen molar-refractivity contribution in [3.8, 4) is 5.75 Å². The Balaban J connectivity index is 2.96. The molecule has 5 heteroatoms. The molecule has 0 radical (unpaired) electrons. The van der Waals surface area contributed by atoms with Crippen molar-refractivity contribution in [3.05, 3.63) is 16.7 Å². The van der Waals surface area contributed by atoms with Crippen LogP contribution >= 0.6 is 0 Å². The highest BCUT2D eigenvalue weighted by Gasteiger charge is 2.09. The molecular formula is C9H15N3O2. The molecule has 0 aromatic carbocycles. The van der Waals surface area contributed by atoms with Gasteiger partial charge in [0.15, 0.2) is 5.82 Å². The summed E-state index contributed by atoms with van der Waals surface area (Å²) in [7, 11) is 1.45. The maximum absolute atomic E-state index is 11.3. The van der Waals surface area contributed by atoms with Crippen LogP contribution in [0.1, 0.15) is 20.3 Å². The number of ether oxygens (including phenoxy) is 1. The zero-order valence-corrected chi connectivity index (χ0v) is 8.63. The highest BCUT2D eigenvalue weighted by molar-refractivity contribution is 5.48. The second kappa shape index (κ2) is 4.64. The third kappa shape index (κ3) is 2.25. The fourth-order valence-electron chi connectivity index (χ4n) is 1.01. The van der Waals surface area contributed by atoms with Gasteiger partial charge in [-0.25, -0.2) is 4.98 Å². The lowest BCUT2D eigenvalue weighted by Gasteiger charge is -2.13. The Morgan fingerprint density at radius 2 is 2.43 bits per heavy atom. The van der Waals surface area contributed by atoms with Gasteiger partial charge < -0.3 is 15.0 Å². The minimum Gasteiger partial charge on any atom is -0.489 e. The standard InChI is InChI=1S/C9H15N3O2/c1-4-6(2)12-8-7(14-3)9(13)11-5-10-8/h5-6H,4H2,1-3H3,(H2,10,11,12,13). The highest BCUT2D eigenvalue weighted by Crippen LogP contribution is 2.15. The summed E-state index contributed by atoms with van der Waals surface area (Å²) in [4.78, 5) is 17.7. The molecule has 1 heterocycles. The highest BCUT2D eigenvalue weighted by atomic mass is 16.5. The lowest BCUT2D eigenvalue weighted by Crippen LogP contribution is -2.19. The number of rotatable bonds is 4. The van der Waals surface area contributed by atoms with Crippen LogP contribution in [0.5, 0.6) is 5.75 Å². The summed E-state index contributed by atoms with van der Waals surface area (Å²) < 4.78 is 4.95. The van der Waals surface area contributed by atoms with E-state index < -0.39 is 0 Å². The molecule has 0 fully saturated rings. The predicted molar refractivity (Wildman–Crippen MR) is 54.8 cm³/mol. The summed E-state index contributed by atoms with van der Waals surface area (Å²) in [5, 5.41) is 3.10. The molecule has 5 nitrogen and oxygen atoms in total. The average Bonchev–Trinajstić information content (AvgIpc) is 2.18. The van der Waals surface area contributed by atoms with Gasteiger partial charge in [-0.1, -0.05) is 6.92 Å². The number of methoxy groups -OCH3 is 1. The number of anilines is 1.